The molecule has 2 aliphatic rings. The highest BCUT2D eigenvalue weighted by Gasteiger charge is 2.36. The fraction of sp³-hybridized carbons (Fsp3) is 0.579. The molecule has 25 heavy (non-hydrogen) atoms. The average Bonchev–Trinajstić information content (AvgIpc) is 3.00. The number of hydrogen-bond donors (Lipinski definition) is 2. The second-order valence-corrected chi connectivity index (χ2v) is 7.25. The summed E-state index contributed by atoms with van der Waals surface area (Å²) in [6.45, 7) is 2.21. The van der Waals surface area contributed by atoms with E-state index in [2.05, 4.69) is 5.32 Å². The molecule has 2 fully saturated rings. The third-order valence-electron chi connectivity index (χ3n) is 5.40. The molecule has 2 amide bonds. The van der Waals surface area contributed by atoms with Crippen molar-refractivity contribution >= 4 is 17.5 Å². The molecule has 1 aliphatic carbocycles. The Morgan fingerprint density at radius 2 is 2.04 bits per heavy atom. The van der Waals surface area contributed by atoms with E-state index in [4.69, 9.17) is 0 Å². The molecule has 1 aliphatic heterocycles. The highest BCUT2D eigenvalue weighted by atomic mass is 19.1. The largest absolute Gasteiger partial charge is 0.396 e. The Kier molecular flexibility index (Phi) is 5.37. The fourth-order valence-electron chi connectivity index (χ4n) is 3.74. The summed E-state index contributed by atoms with van der Waals surface area (Å²) in [6.07, 6.45) is 3.78. The summed E-state index contributed by atoms with van der Waals surface area (Å²) in [5, 5.41) is 12.2. The zero-order valence-corrected chi connectivity index (χ0v) is 14.5. The number of benzene rings is 1. The Hall–Kier alpha value is -1.95. The zero-order valence-electron chi connectivity index (χ0n) is 14.5. The maximum absolute atomic E-state index is 13.4. The maximum Gasteiger partial charge on any atom is 0.227 e. The molecule has 5 nitrogen and oxygen atoms in total. The SMILES string of the molecule is Cc1cc(N2CC(C(=O)NC3CCC(CO)CC3)CC2=O)ccc1F. The van der Waals surface area contributed by atoms with Gasteiger partial charge in [-0.1, -0.05) is 0 Å². The van der Waals surface area contributed by atoms with Gasteiger partial charge in [0.25, 0.3) is 0 Å². The van der Waals surface area contributed by atoms with Gasteiger partial charge in [-0.05, 0) is 62.3 Å². The Balaban J connectivity index is 1.58. The van der Waals surface area contributed by atoms with Crippen LogP contribution in [0.4, 0.5) is 10.1 Å². The molecule has 6 heteroatoms. The van der Waals surface area contributed by atoms with Crippen LogP contribution in [0.3, 0.4) is 0 Å². The minimum atomic E-state index is -0.367. The van der Waals surface area contributed by atoms with Gasteiger partial charge in [0, 0.05) is 31.3 Å². The number of halogens is 1. The van der Waals surface area contributed by atoms with Crippen LogP contribution in [-0.2, 0) is 9.59 Å². The van der Waals surface area contributed by atoms with Gasteiger partial charge in [-0.3, -0.25) is 9.59 Å². The Labute approximate surface area is 147 Å². The second-order valence-electron chi connectivity index (χ2n) is 7.25. The molecule has 3 rings (SSSR count). The van der Waals surface area contributed by atoms with Crippen molar-refractivity contribution in [1.29, 1.82) is 0 Å². The lowest BCUT2D eigenvalue weighted by atomic mass is 9.86. The number of anilines is 1. The number of aliphatic hydroxyl groups excluding tert-OH is 1. The van der Waals surface area contributed by atoms with Crippen molar-refractivity contribution in [3.8, 4) is 0 Å². The van der Waals surface area contributed by atoms with E-state index < -0.39 is 0 Å². The molecular weight excluding hydrogens is 323 g/mol. The number of amides is 2. The monoisotopic (exact) mass is 348 g/mol. The molecule has 1 aromatic rings. The molecule has 1 heterocycles. The number of carbonyl (C=O) groups is 2. The molecule has 0 spiro atoms. The van der Waals surface area contributed by atoms with Crippen molar-refractivity contribution in [3.05, 3.63) is 29.6 Å². The van der Waals surface area contributed by atoms with E-state index in [1.54, 1.807) is 24.0 Å². The molecule has 1 unspecified atom stereocenters. The topological polar surface area (TPSA) is 69.6 Å². The van der Waals surface area contributed by atoms with Gasteiger partial charge in [-0.2, -0.15) is 0 Å². The van der Waals surface area contributed by atoms with Gasteiger partial charge in [-0.15, -0.1) is 0 Å². The van der Waals surface area contributed by atoms with Crippen LogP contribution in [0.2, 0.25) is 0 Å². The molecule has 1 aromatic carbocycles. The van der Waals surface area contributed by atoms with E-state index >= 15 is 0 Å². The van der Waals surface area contributed by atoms with Crippen LogP contribution in [0.1, 0.15) is 37.7 Å². The molecule has 0 bridgehead atoms. The maximum atomic E-state index is 13.4. The normalized spacial score (nSPS) is 26.8. The smallest absolute Gasteiger partial charge is 0.227 e. The third kappa shape index (κ3) is 4.00. The van der Waals surface area contributed by atoms with Crippen LogP contribution < -0.4 is 10.2 Å². The van der Waals surface area contributed by atoms with E-state index in [-0.39, 0.29) is 42.6 Å². The summed E-state index contributed by atoms with van der Waals surface area (Å²) in [7, 11) is 0. The number of hydrogen-bond acceptors (Lipinski definition) is 3. The van der Waals surface area contributed by atoms with Crippen LogP contribution in [0.5, 0.6) is 0 Å². The Bertz CT molecular complexity index is 656. The van der Waals surface area contributed by atoms with Crippen molar-refractivity contribution in [2.24, 2.45) is 11.8 Å². The van der Waals surface area contributed by atoms with Gasteiger partial charge in [-0.25, -0.2) is 4.39 Å². The van der Waals surface area contributed by atoms with Gasteiger partial charge < -0.3 is 15.3 Å². The first kappa shape index (κ1) is 17.9. The van der Waals surface area contributed by atoms with E-state index in [1.165, 1.54) is 6.07 Å². The Morgan fingerprint density at radius 3 is 2.68 bits per heavy atom. The predicted octanol–water partition coefficient (Wildman–Crippen LogP) is 2.15. The minimum Gasteiger partial charge on any atom is -0.396 e. The summed E-state index contributed by atoms with van der Waals surface area (Å²) >= 11 is 0. The highest BCUT2D eigenvalue weighted by Crippen LogP contribution is 2.28. The number of nitrogens with zero attached hydrogens (tertiary/aromatic N) is 1. The van der Waals surface area contributed by atoms with E-state index in [0.29, 0.717) is 23.7 Å². The molecule has 1 saturated heterocycles. The number of aliphatic hydroxyl groups is 1. The van der Waals surface area contributed by atoms with Gasteiger partial charge in [0.05, 0.1) is 5.92 Å². The van der Waals surface area contributed by atoms with E-state index in [9.17, 15) is 19.1 Å². The number of rotatable bonds is 4. The standard InChI is InChI=1S/C19H25FN2O3/c1-12-8-16(6-7-17(12)20)22-10-14(9-18(22)24)19(25)21-15-4-2-13(11-23)3-5-15/h6-8,13-15,23H,2-5,9-11H2,1H3,(H,21,25). The van der Waals surface area contributed by atoms with Crippen LogP contribution in [-0.4, -0.2) is 36.1 Å². The molecular formula is C19H25FN2O3. The average molecular weight is 348 g/mol. The van der Waals surface area contributed by atoms with Crippen molar-refractivity contribution in [2.75, 3.05) is 18.1 Å². The fourth-order valence-corrected chi connectivity index (χ4v) is 3.74. The molecule has 0 radical (unpaired) electrons. The van der Waals surface area contributed by atoms with Crippen molar-refractivity contribution < 1.29 is 19.1 Å². The number of nitrogens with one attached hydrogen (secondary N) is 1. The van der Waals surface area contributed by atoms with Gasteiger partial charge in [0.1, 0.15) is 5.82 Å². The minimum absolute atomic E-state index is 0.0814. The van der Waals surface area contributed by atoms with Gasteiger partial charge in [0.2, 0.25) is 11.8 Å². The summed E-state index contributed by atoms with van der Waals surface area (Å²) in [6, 6.07) is 4.71. The van der Waals surface area contributed by atoms with Crippen molar-refractivity contribution in [1.82, 2.24) is 5.32 Å². The van der Waals surface area contributed by atoms with Crippen LogP contribution >= 0.6 is 0 Å². The quantitative estimate of drug-likeness (QED) is 0.876. The number of carbonyl (C=O) groups excluding carboxylic acids is 2. The summed E-state index contributed by atoms with van der Waals surface area (Å²) in [4.78, 5) is 26.4. The predicted molar refractivity (Wildman–Crippen MR) is 92.6 cm³/mol. The second kappa shape index (κ2) is 7.52. The first-order chi connectivity index (χ1) is 12.0. The molecule has 0 aromatic heterocycles. The van der Waals surface area contributed by atoms with E-state index in [0.717, 1.165) is 25.7 Å². The van der Waals surface area contributed by atoms with Crippen molar-refractivity contribution in [3.63, 3.8) is 0 Å². The van der Waals surface area contributed by atoms with Crippen LogP contribution in [0, 0.1) is 24.6 Å². The van der Waals surface area contributed by atoms with Crippen LogP contribution in [0.15, 0.2) is 18.2 Å². The molecule has 1 saturated carbocycles. The first-order valence-corrected chi connectivity index (χ1v) is 8.95. The lowest BCUT2D eigenvalue weighted by molar-refractivity contribution is -0.127. The van der Waals surface area contributed by atoms with Gasteiger partial charge in [0.15, 0.2) is 0 Å². The van der Waals surface area contributed by atoms with Gasteiger partial charge >= 0.3 is 0 Å². The summed E-state index contributed by atoms with van der Waals surface area (Å²) in [5.41, 5.74) is 1.13. The molecule has 1 atom stereocenters. The molecule has 136 valence electrons. The lowest BCUT2D eigenvalue weighted by Crippen LogP contribution is -2.42. The molecule has 2 N–H and O–H groups in total. The highest BCUT2D eigenvalue weighted by molar-refractivity contribution is 6.00. The van der Waals surface area contributed by atoms with Crippen LogP contribution in [0.25, 0.3) is 0 Å². The third-order valence-corrected chi connectivity index (χ3v) is 5.40. The first-order valence-electron chi connectivity index (χ1n) is 8.95. The Morgan fingerprint density at radius 1 is 1.32 bits per heavy atom. The lowest BCUT2D eigenvalue weighted by Gasteiger charge is -2.28. The zero-order chi connectivity index (χ0) is 18.0. The van der Waals surface area contributed by atoms with E-state index in [1.807, 2.05) is 0 Å². The summed E-state index contributed by atoms with van der Waals surface area (Å²) < 4.78 is 13.4. The van der Waals surface area contributed by atoms with Crippen molar-refractivity contribution in [2.45, 2.75) is 45.1 Å². The summed E-state index contributed by atoms with van der Waals surface area (Å²) in [5.74, 6) is -0.507. The number of aryl methyl sites for hydroxylation is 1.